The molecule has 0 aromatic heterocycles. The van der Waals surface area contributed by atoms with Gasteiger partial charge in [0.2, 0.25) is 5.91 Å². The minimum absolute atomic E-state index is 0.129. The molecule has 29 heavy (non-hydrogen) atoms. The molecule has 0 saturated heterocycles. The molecular formula is C21H19BrN2O3S2. The highest BCUT2D eigenvalue weighted by Crippen LogP contribution is 2.19. The molecule has 0 spiro atoms. The summed E-state index contributed by atoms with van der Waals surface area (Å²) in [7, 11) is -3.68. The summed E-state index contributed by atoms with van der Waals surface area (Å²) in [5.41, 5.74) is 2.19. The van der Waals surface area contributed by atoms with E-state index < -0.39 is 10.0 Å². The van der Waals surface area contributed by atoms with Crippen molar-refractivity contribution < 1.29 is 13.2 Å². The molecule has 3 aromatic carbocycles. The van der Waals surface area contributed by atoms with Gasteiger partial charge >= 0.3 is 0 Å². The Morgan fingerprint density at radius 3 is 2.17 bits per heavy atom. The lowest BCUT2D eigenvalue weighted by molar-refractivity contribution is -0.113. The first-order chi connectivity index (χ1) is 13.9. The van der Waals surface area contributed by atoms with Gasteiger partial charge in [-0.1, -0.05) is 46.3 Å². The molecule has 0 aliphatic carbocycles. The standard InChI is InChI=1S/C21H19BrN2O3S2/c22-17-8-6-16(7-9-17)14-28-15-21(25)23-18-10-12-20(13-11-18)29(26,27)24-19-4-2-1-3-5-19/h1-13,24H,14-15H2,(H,23,25). The molecule has 5 nitrogen and oxygen atoms in total. The highest BCUT2D eigenvalue weighted by atomic mass is 79.9. The van der Waals surface area contributed by atoms with E-state index in [1.165, 1.54) is 23.9 Å². The summed E-state index contributed by atoms with van der Waals surface area (Å²) < 4.78 is 28.4. The fourth-order valence-corrected chi connectivity index (χ4v) is 4.59. The van der Waals surface area contributed by atoms with Gasteiger partial charge in [0.15, 0.2) is 0 Å². The normalized spacial score (nSPS) is 11.1. The van der Waals surface area contributed by atoms with Crippen LogP contribution in [0.3, 0.4) is 0 Å². The van der Waals surface area contributed by atoms with Gasteiger partial charge in [-0.15, -0.1) is 11.8 Å². The van der Waals surface area contributed by atoms with Crippen molar-refractivity contribution in [2.24, 2.45) is 0 Å². The minimum Gasteiger partial charge on any atom is -0.325 e. The number of hydrogen-bond donors (Lipinski definition) is 2. The molecule has 0 radical (unpaired) electrons. The lowest BCUT2D eigenvalue weighted by Gasteiger charge is -2.09. The Morgan fingerprint density at radius 2 is 1.52 bits per heavy atom. The molecule has 0 saturated carbocycles. The molecule has 0 heterocycles. The molecular weight excluding hydrogens is 472 g/mol. The van der Waals surface area contributed by atoms with Gasteiger partial charge in [-0.05, 0) is 54.1 Å². The molecule has 8 heteroatoms. The zero-order chi connectivity index (χ0) is 20.7. The van der Waals surface area contributed by atoms with Crippen molar-refractivity contribution in [2.45, 2.75) is 10.6 Å². The van der Waals surface area contributed by atoms with E-state index in [-0.39, 0.29) is 10.8 Å². The number of hydrogen-bond acceptors (Lipinski definition) is 4. The van der Waals surface area contributed by atoms with Gasteiger partial charge in [-0.25, -0.2) is 8.42 Å². The summed E-state index contributed by atoms with van der Waals surface area (Å²) in [4.78, 5) is 12.2. The Bertz CT molecular complexity index is 1060. The van der Waals surface area contributed by atoms with Crippen LogP contribution in [0.15, 0.2) is 88.2 Å². The van der Waals surface area contributed by atoms with Crippen molar-refractivity contribution in [3.05, 3.63) is 88.9 Å². The number of sulfonamides is 1. The average Bonchev–Trinajstić information content (AvgIpc) is 2.70. The monoisotopic (exact) mass is 490 g/mol. The molecule has 1 amide bonds. The molecule has 3 rings (SSSR count). The van der Waals surface area contributed by atoms with Crippen molar-refractivity contribution in [2.75, 3.05) is 15.8 Å². The zero-order valence-corrected chi connectivity index (χ0v) is 18.6. The number of thioether (sulfide) groups is 1. The highest BCUT2D eigenvalue weighted by molar-refractivity contribution is 9.10. The minimum atomic E-state index is -3.68. The Hall–Kier alpha value is -2.29. The quantitative estimate of drug-likeness (QED) is 0.459. The van der Waals surface area contributed by atoms with Crippen molar-refractivity contribution in [1.29, 1.82) is 0 Å². The van der Waals surface area contributed by atoms with Crippen LogP contribution in [0, 0.1) is 0 Å². The van der Waals surface area contributed by atoms with E-state index in [0.717, 1.165) is 15.8 Å². The second kappa shape index (κ2) is 9.96. The summed E-state index contributed by atoms with van der Waals surface area (Å²) in [6.45, 7) is 0. The first-order valence-electron chi connectivity index (χ1n) is 8.72. The van der Waals surface area contributed by atoms with E-state index >= 15 is 0 Å². The first-order valence-corrected chi connectivity index (χ1v) is 12.2. The van der Waals surface area contributed by atoms with E-state index in [1.54, 1.807) is 36.4 Å². The van der Waals surface area contributed by atoms with Crippen molar-refractivity contribution in [3.63, 3.8) is 0 Å². The Morgan fingerprint density at radius 1 is 0.862 bits per heavy atom. The van der Waals surface area contributed by atoms with Crippen molar-refractivity contribution >= 4 is 55.0 Å². The van der Waals surface area contributed by atoms with Crippen LogP contribution >= 0.6 is 27.7 Å². The Balaban J connectivity index is 1.51. The van der Waals surface area contributed by atoms with Crippen LogP contribution in [0.25, 0.3) is 0 Å². The molecule has 0 unspecified atom stereocenters. The lowest BCUT2D eigenvalue weighted by atomic mass is 10.2. The van der Waals surface area contributed by atoms with Crippen LogP contribution in [-0.2, 0) is 20.6 Å². The molecule has 0 atom stereocenters. The molecule has 0 aliphatic rings. The van der Waals surface area contributed by atoms with E-state index in [2.05, 4.69) is 26.0 Å². The van der Waals surface area contributed by atoms with Crippen molar-refractivity contribution in [1.82, 2.24) is 0 Å². The van der Waals surface area contributed by atoms with Crippen LogP contribution in [0.2, 0.25) is 0 Å². The third-order valence-electron chi connectivity index (χ3n) is 3.89. The van der Waals surface area contributed by atoms with Gasteiger partial charge in [0.25, 0.3) is 10.0 Å². The number of carbonyl (C=O) groups excluding carboxylic acids is 1. The van der Waals surface area contributed by atoms with E-state index in [9.17, 15) is 13.2 Å². The van der Waals surface area contributed by atoms with Crippen LogP contribution in [0.1, 0.15) is 5.56 Å². The van der Waals surface area contributed by atoms with Crippen LogP contribution in [0.5, 0.6) is 0 Å². The van der Waals surface area contributed by atoms with Crippen LogP contribution in [0.4, 0.5) is 11.4 Å². The highest BCUT2D eigenvalue weighted by Gasteiger charge is 2.14. The third kappa shape index (κ3) is 6.62. The number of benzene rings is 3. The third-order valence-corrected chi connectivity index (χ3v) is 6.82. The first kappa shape index (κ1) is 21.4. The molecule has 0 fully saturated rings. The number of amides is 1. The second-order valence-electron chi connectivity index (χ2n) is 6.16. The maximum Gasteiger partial charge on any atom is 0.261 e. The Labute approximate surface area is 183 Å². The largest absolute Gasteiger partial charge is 0.325 e. The van der Waals surface area contributed by atoms with Crippen molar-refractivity contribution in [3.8, 4) is 0 Å². The SMILES string of the molecule is O=C(CSCc1ccc(Br)cc1)Nc1ccc(S(=O)(=O)Nc2ccccc2)cc1. The van der Waals surface area contributed by atoms with E-state index in [1.807, 2.05) is 30.3 Å². The van der Waals surface area contributed by atoms with Gasteiger partial charge in [-0.3, -0.25) is 9.52 Å². The molecule has 0 bridgehead atoms. The summed E-state index contributed by atoms with van der Waals surface area (Å²) >= 11 is 4.91. The maximum atomic E-state index is 12.4. The molecule has 0 aliphatic heterocycles. The zero-order valence-electron chi connectivity index (χ0n) is 15.3. The van der Waals surface area contributed by atoms with Gasteiger partial charge in [0.05, 0.1) is 10.6 Å². The summed E-state index contributed by atoms with van der Waals surface area (Å²) in [5, 5.41) is 2.78. The maximum absolute atomic E-state index is 12.4. The van der Waals surface area contributed by atoms with Gasteiger partial charge in [0.1, 0.15) is 0 Å². The summed E-state index contributed by atoms with van der Waals surface area (Å²) in [5.74, 6) is 0.916. The topological polar surface area (TPSA) is 75.3 Å². The van der Waals surface area contributed by atoms with Crippen LogP contribution in [-0.4, -0.2) is 20.1 Å². The van der Waals surface area contributed by atoms with Gasteiger partial charge in [-0.2, -0.15) is 0 Å². The number of nitrogens with one attached hydrogen (secondary N) is 2. The average molecular weight is 491 g/mol. The van der Waals surface area contributed by atoms with Gasteiger partial charge in [0, 0.05) is 21.6 Å². The number of carbonyl (C=O) groups is 1. The lowest BCUT2D eigenvalue weighted by Crippen LogP contribution is -2.15. The number of halogens is 1. The molecule has 150 valence electrons. The Kier molecular flexibility index (Phi) is 7.35. The smallest absolute Gasteiger partial charge is 0.261 e. The fraction of sp³-hybridized carbons (Fsp3) is 0.0952. The number of rotatable bonds is 8. The molecule has 2 N–H and O–H groups in total. The predicted octanol–water partition coefficient (Wildman–Crippen LogP) is 5.12. The summed E-state index contributed by atoms with van der Waals surface area (Å²) in [6, 6.07) is 22.7. The van der Waals surface area contributed by atoms with E-state index in [4.69, 9.17) is 0 Å². The molecule has 3 aromatic rings. The number of para-hydroxylation sites is 1. The number of anilines is 2. The fourth-order valence-electron chi connectivity index (χ4n) is 2.48. The summed E-state index contributed by atoms with van der Waals surface area (Å²) in [6.07, 6.45) is 0. The van der Waals surface area contributed by atoms with Gasteiger partial charge < -0.3 is 5.32 Å². The van der Waals surface area contributed by atoms with Crippen LogP contribution < -0.4 is 10.0 Å². The second-order valence-corrected chi connectivity index (χ2v) is 9.75. The van der Waals surface area contributed by atoms with E-state index in [0.29, 0.717) is 17.1 Å². The predicted molar refractivity (Wildman–Crippen MR) is 123 cm³/mol.